The van der Waals surface area contributed by atoms with Crippen LogP contribution in [-0.2, 0) is 4.74 Å². The van der Waals surface area contributed by atoms with Gasteiger partial charge >= 0.3 is 0 Å². The second-order valence-corrected chi connectivity index (χ2v) is 3.63. The third kappa shape index (κ3) is 3.98. The highest BCUT2D eigenvalue weighted by Gasteiger charge is 2.08. The summed E-state index contributed by atoms with van der Waals surface area (Å²) in [5.41, 5.74) is 0.520. The van der Waals surface area contributed by atoms with Crippen LogP contribution in [0.1, 0.15) is 31.1 Å². The van der Waals surface area contributed by atoms with Crippen molar-refractivity contribution < 1.29 is 14.3 Å². The van der Waals surface area contributed by atoms with Gasteiger partial charge in [0.25, 0.3) is 0 Å². The van der Waals surface area contributed by atoms with Crippen molar-refractivity contribution in [1.29, 1.82) is 0 Å². The lowest BCUT2D eigenvalue weighted by Crippen LogP contribution is -2.13. The van der Waals surface area contributed by atoms with Crippen LogP contribution in [0.15, 0.2) is 18.5 Å². The van der Waals surface area contributed by atoms with Gasteiger partial charge in [0.2, 0.25) is 0 Å². The van der Waals surface area contributed by atoms with Gasteiger partial charge in [-0.3, -0.25) is 9.78 Å². The van der Waals surface area contributed by atoms with Crippen LogP contribution >= 0.6 is 0 Å². The van der Waals surface area contributed by atoms with Gasteiger partial charge in [0.1, 0.15) is 12.4 Å². The minimum absolute atomic E-state index is 0.0481. The smallest absolute Gasteiger partial charge is 0.190 e. The molecule has 0 radical (unpaired) electrons. The van der Waals surface area contributed by atoms with Crippen molar-refractivity contribution in [3.63, 3.8) is 0 Å². The van der Waals surface area contributed by atoms with Crippen LogP contribution in [0.25, 0.3) is 0 Å². The van der Waals surface area contributed by atoms with Crippen LogP contribution < -0.4 is 4.74 Å². The lowest BCUT2D eigenvalue weighted by atomic mass is 10.2. The molecule has 0 N–H and O–H groups in total. The van der Waals surface area contributed by atoms with Crippen molar-refractivity contribution in [2.75, 3.05) is 13.2 Å². The molecule has 0 aromatic carbocycles. The van der Waals surface area contributed by atoms with Crippen LogP contribution in [0.2, 0.25) is 0 Å². The Balaban J connectivity index is 2.64. The molecular formula is C12H17NO3. The van der Waals surface area contributed by atoms with Crippen molar-refractivity contribution in [2.24, 2.45) is 0 Å². The number of pyridine rings is 1. The molecule has 1 heterocycles. The van der Waals surface area contributed by atoms with Gasteiger partial charge in [0.15, 0.2) is 5.78 Å². The second kappa shape index (κ2) is 6.23. The first-order valence-electron chi connectivity index (χ1n) is 5.36. The zero-order valence-corrected chi connectivity index (χ0v) is 9.90. The summed E-state index contributed by atoms with van der Waals surface area (Å²) in [6.07, 6.45) is 3.16. The van der Waals surface area contributed by atoms with Gasteiger partial charge in [-0.25, -0.2) is 0 Å². The van der Waals surface area contributed by atoms with Crippen molar-refractivity contribution in [3.8, 4) is 5.75 Å². The van der Waals surface area contributed by atoms with E-state index in [4.69, 9.17) is 9.47 Å². The standard InChI is InChI=1S/C12H17NO3/c1-4-15-11-5-10(6-13-7-11)12(14)8-16-9(2)3/h5-7,9H,4,8H2,1-3H3. The molecule has 0 bridgehead atoms. The largest absolute Gasteiger partial charge is 0.492 e. The predicted molar refractivity (Wildman–Crippen MR) is 60.8 cm³/mol. The average Bonchev–Trinajstić information content (AvgIpc) is 2.26. The van der Waals surface area contributed by atoms with E-state index in [0.717, 1.165) is 0 Å². The highest BCUT2D eigenvalue weighted by Crippen LogP contribution is 2.11. The minimum atomic E-state index is -0.0808. The summed E-state index contributed by atoms with van der Waals surface area (Å²) < 4.78 is 10.5. The molecule has 0 aliphatic carbocycles. The van der Waals surface area contributed by atoms with Crippen LogP contribution in [0, 0.1) is 0 Å². The summed E-state index contributed by atoms with van der Waals surface area (Å²) in [6, 6.07) is 1.68. The molecule has 1 aromatic rings. The summed E-state index contributed by atoms with van der Waals surface area (Å²) in [4.78, 5) is 15.6. The number of ether oxygens (including phenoxy) is 2. The number of hydrogen-bond donors (Lipinski definition) is 0. The lowest BCUT2D eigenvalue weighted by molar-refractivity contribution is 0.0584. The van der Waals surface area contributed by atoms with E-state index >= 15 is 0 Å². The molecule has 1 rings (SSSR count). The van der Waals surface area contributed by atoms with E-state index in [1.54, 1.807) is 12.3 Å². The topological polar surface area (TPSA) is 48.4 Å². The number of carbonyl (C=O) groups is 1. The Hall–Kier alpha value is -1.42. The molecule has 4 nitrogen and oxygen atoms in total. The zero-order valence-electron chi connectivity index (χ0n) is 9.90. The summed E-state index contributed by atoms with van der Waals surface area (Å²) in [5, 5.41) is 0. The minimum Gasteiger partial charge on any atom is -0.492 e. The summed E-state index contributed by atoms with van der Waals surface area (Å²) in [7, 11) is 0. The molecular weight excluding hydrogens is 206 g/mol. The van der Waals surface area contributed by atoms with Gasteiger partial charge in [-0.1, -0.05) is 0 Å². The molecule has 0 saturated heterocycles. The maximum Gasteiger partial charge on any atom is 0.190 e. The zero-order chi connectivity index (χ0) is 12.0. The molecule has 0 atom stereocenters. The van der Waals surface area contributed by atoms with Crippen molar-refractivity contribution in [1.82, 2.24) is 4.98 Å². The van der Waals surface area contributed by atoms with Gasteiger partial charge in [-0.05, 0) is 26.8 Å². The highest BCUT2D eigenvalue weighted by atomic mass is 16.5. The maximum atomic E-state index is 11.7. The van der Waals surface area contributed by atoms with Crippen LogP contribution in [-0.4, -0.2) is 30.1 Å². The van der Waals surface area contributed by atoms with Crippen molar-refractivity contribution in [2.45, 2.75) is 26.9 Å². The quantitative estimate of drug-likeness (QED) is 0.693. The molecule has 1 aromatic heterocycles. The molecule has 0 amide bonds. The fourth-order valence-electron chi connectivity index (χ4n) is 1.14. The predicted octanol–water partition coefficient (Wildman–Crippen LogP) is 2.09. The number of ketones is 1. The van der Waals surface area contributed by atoms with Gasteiger partial charge in [0.05, 0.1) is 18.9 Å². The Morgan fingerprint density at radius 3 is 2.81 bits per heavy atom. The lowest BCUT2D eigenvalue weighted by Gasteiger charge is -2.07. The first kappa shape index (κ1) is 12.6. The first-order valence-corrected chi connectivity index (χ1v) is 5.36. The van der Waals surface area contributed by atoms with E-state index in [1.165, 1.54) is 6.20 Å². The summed E-state index contributed by atoms with van der Waals surface area (Å²) in [6.45, 7) is 6.30. The van der Waals surface area contributed by atoms with Crippen molar-refractivity contribution in [3.05, 3.63) is 24.0 Å². The Bertz CT molecular complexity index is 350. The molecule has 4 heteroatoms. The van der Waals surface area contributed by atoms with E-state index in [0.29, 0.717) is 17.9 Å². The monoisotopic (exact) mass is 223 g/mol. The fraction of sp³-hybridized carbons (Fsp3) is 0.500. The van der Waals surface area contributed by atoms with Gasteiger partial charge in [-0.2, -0.15) is 0 Å². The number of aromatic nitrogens is 1. The van der Waals surface area contributed by atoms with Crippen LogP contribution in [0.4, 0.5) is 0 Å². The average molecular weight is 223 g/mol. The van der Waals surface area contributed by atoms with E-state index in [-0.39, 0.29) is 18.5 Å². The SMILES string of the molecule is CCOc1cncc(C(=O)COC(C)C)c1. The Labute approximate surface area is 95.6 Å². The van der Waals surface area contributed by atoms with Crippen LogP contribution in [0.5, 0.6) is 5.75 Å². The Kier molecular flexibility index (Phi) is 4.92. The maximum absolute atomic E-state index is 11.7. The molecule has 0 spiro atoms. The van der Waals surface area contributed by atoms with Crippen LogP contribution in [0.3, 0.4) is 0 Å². The second-order valence-electron chi connectivity index (χ2n) is 3.63. The number of carbonyl (C=O) groups excluding carboxylic acids is 1. The summed E-state index contributed by atoms with van der Waals surface area (Å²) >= 11 is 0. The van der Waals surface area contributed by atoms with E-state index in [1.807, 2.05) is 20.8 Å². The Morgan fingerprint density at radius 2 is 2.19 bits per heavy atom. The fourth-order valence-corrected chi connectivity index (χ4v) is 1.14. The molecule has 16 heavy (non-hydrogen) atoms. The third-order valence-corrected chi connectivity index (χ3v) is 1.89. The number of nitrogens with zero attached hydrogens (tertiary/aromatic N) is 1. The highest BCUT2D eigenvalue weighted by molar-refractivity contribution is 5.97. The molecule has 0 fully saturated rings. The van der Waals surface area contributed by atoms with Crippen molar-refractivity contribution >= 4 is 5.78 Å². The van der Waals surface area contributed by atoms with Gasteiger partial charge in [-0.15, -0.1) is 0 Å². The molecule has 0 unspecified atom stereocenters. The normalized spacial score (nSPS) is 10.5. The van der Waals surface area contributed by atoms with E-state index in [9.17, 15) is 4.79 Å². The summed E-state index contributed by atoms with van der Waals surface area (Å²) in [5.74, 6) is 0.528. The van der Waals surface area contributed by atoms with E-state index < -0.39 is 0 Å². The van der Waals surface area contributed by atoms with E-state index in [2.05, 4.69) is 4.98 Å². The number of Topliss-reactive ketones (excluding diaryl/α,β-unsaturated/α-hetero) is 1. The third-order valence-electron chi connectivity index (χ3n) is 1.89. The van der Waals surface area contributed by atoms with Gasteiger partial charge < -0.3 is 9.47 Å². The van der Waals surface area contributed by atoms with Gasteiger partial charge in [0, 0.05) is 11.8 Å². The first-order chi connectivity index (χ1) is 7.63. The number of hydrogen-bond acceptors (Lipinski definition) is 4. The molecule has 0 aliphatic heterocycles. The molecule has 0 aliphatic rings. The molecule has 0 saturated carbocycles. The molecule has 88 valence electrons. The Morgan fingerprint density at radius 1 is 1.44 bits per heavy atom. The number of rotatable bonds is 6.